The molecule has 0 aliphatic carbocycles. The van der Waals surface area contributed by atoms with Crippen LogP contribution < -0.4 is 21.3 Å². The van der Waals surface area contributed by atoms with Crippen molar-refractivity contribution >= 4 is 22.4 Å². The lowest BCUT2D eigenvalue weighted by Crippen LogP contribution is -2.49. The number of hydrogen-bond donors (Lipinski definition) is 2. The van der Waals surface area contributed by atoms with Crippen LogP contribution in [0, 0.1) is 12.7 Å². The van der Waals surface area contributed by atoms with Crippen molar-refractivity contribution in [1.29, 1.82) is 0 Å². The third-order valence-electron chi connectivity index (χ3n) is 5.41. The number of carbonyl (C=O) groups is 1. The van der Waals surface area contributed by atoms with E-state index in [0.29, 0.717) is 24.2 Å². The Kier molecular flexibility index (Phi) is 5.39. The fourth-order valence-corrected chi connectivity index (χ4v) is 3.95. The Labute approximate surface area is 172 Å². The van der Waals surface area contributed by atoms with Gasteiger partial charge in [0.15, 0.2) is 0 Å². The van der Waals surface area contributed by atoms with Crippen LogP contribution >= 0.6 is 0 Å². The molecule has 2 heterocycles. The number of aryl methyl sites for hydroxylation is 1. The highest BCUT2D eigenvalue weighted by atomic mass is 19.1. The number of benzene rings is 2. The van der Waals surface area contributed by atoms with E-state index < -0.39 is 11.1 Å². The van der Waals surface area contributed by atoms with Crippen LogP contribution in [0.25, 0.3) is 10.8 Å². The molecule has 1 saturated heterocycles. The molecule has 0 saturated carbocycles. The predicted octanol–water partition coefficient (Wildman–Crippen LogP) is 1.92. The molecule has 7 nitrogen and oxygen atoms in total. The van der Waals surface area contributed by atoms with Gasteiger partial charge < -0.3 is 10.2 Å². The molecule has 30 heavy (non-hydrogen) atoms. The van der Waals surface area contributed by atoms with E-state index in [1.54, 1.807) is 36.4 Å². The molecule has 2 aromatic carbocycles. The number of aromatic amines is 1. The van der Waals surface area contributed by atoms with Gasteiger partial charge in [-0.05, 0) is 49.6 Å². The van der Waals surface area contributed by atoms with Crippen molar-refractivity contribution in [3.05, 3.63) is 74.6 Å². The molecule has 3 aromatic rings. The summed E-state index contributed by atoms with van der Waals surface area (Å²) in [5.74, 6) is -0.660. The normalized spacial score (nSPS) is 16.6. The van der Waals surface area contributed by atoms with Gasteiger partial charge in [0.1, 0.15) is 12.4 Å². The van der Waals surface area contributed by atoms with E-state index in [4.69, 9.17) is 0 Å². The average Bonchev–Trinajstić information content (AvgIpc) is 2.74. The Bertz CT molecular complexity index is 1220. The molecule has 1 fully saturated rings. The number of piperidine rings is 1. The Hall–Kier alpha value is -3.42. The summed E-state index contributed by atoms with van der Waals surface area (Å²) in [5, 5.41) is 5.94. The van der Waals surface area contributed by atoms with Crippen LogP contribution in [-0.4, -0.2) is 34.8 Å². The molecule has 4 rings (SSSR count). The number of H-pyrrole nitrogens is 1. The SMILES string of the molecule is Cc1ccc(F)c(N2CCCC(NC(=O)Cn3[nH]c(=O)c4ccccc4c3=O)C2)c1. The Balaban J connectivity index is 1.47. The quantitative estimate of drug-likeness (QED) is 0.688. The minimum Gasteiger partial charge on any atom is -0.367 e. The van der Waals surface area contributed by atoms with Gasteiger partial charge in [-0.3, -0.25) is 19.5 Å². The molecule has 0 bridgehead atoms. The molecule has 8 heteroatoms. The highest BCUT2D eigenvalue weighted by molar-refractivity contribution is 5.81. The Morgan fingerprint density at radius 2 is 1.97 bits per heavy atom. The highest BCUT2D eigenvalue weighted by Gasteiger charge is 2.24. The third kappa shape index (κ3) is 3.98. The number of rotatable bonds is 4. The monoisotopic (exact) mass is 410 g/mol. The molecule has 0 spiro atoms. The first-order valence-corrected chi connectivity index (χ1v) is 9.94. The van der Waals surface area contributed by atoms with E-state index in [1.165, 1.54) is 6.07 Å². The van der Waals surface area contributed by atoms with Crippen LogP contribution in [-0.2, 0) is 11.3 Å². The third-order valence-corrected chi connectivity index (χ3v) is 5.41. The fraction of sp³-hybridized carbons (Fsp3) is 0.318. The van der Waals surface area contributed by atoms with Crippen LogP contribution in [0.4, 0.5) is 10.1 Å². The zero-order valence-electron chi connectivity index (χ0n) is 16.7. The first-order valence-electron chi connectivity index (χ1n) is 9.94. The minimum absolute atomic E-state index is 0.172. The largest absolute Gasteiger partial charge is 0.367 e. The van der Waals surface area contributed by atoms with Crippen molar-refractivity contribution in [3.8, 4) is 0 Å². The van der Waals surface area contributed by atoms with Gasteiger partial charge in [-0.1, -0.05) is 18.2 Å². The molecule has 1 aliphatic heterocycles. The lowest BCUT2D eigenvalue weighted by atomic mass is 10.0. The second kappa shape index (κ2) is 8.14. The van der Waals surface area contributed by atoms with Crippen molar-refractivity contribution in [2.45, 2.75) is 32.4 Å². The second-order valence-corrected chi connectivity index (χ2v) is 7.69. The number of nitrogens with zero attached hydrogens (tertiary/aromatic N) is 2. The summed E-state index contributed by atoms with van der Waals surface area (Å²) >= 11 is 0. The van der Waals surface area contributed by atoms with Gasteiger partial charge in [0.2, 0.25) is 5.91 Å². The standard InChI is InChI=1S/C22H23FN4O3/c1-14-8-9-18(23)19(11-14)26-10-4-5-15(12-26)24-20(28)13-27-22(30)17-7-3-2-6-16(17)21(29)25-27/h2-3,6-9,11,15H,4-5,10,12-13H2,1H3,(H,24,28)(H,25,29). The van der Waals surface area contributed by atoms with Gasteiger partial charge in [0.25, 0.3) is 11.1 Å². The van der Waals surface area contributed by atoms with Crippen molar-refractivity contribution < 1.29 is 9.18 Å². The first kappa shape index (κ1) is 19.9. The Morgan fingerprint density at radius 1 is 1.20 bits per heavy atom. The van der Waals surface area contributed by atoms with Gasteiger partial charge >= 0.3 is 0 Å². The minimum atomic E-state index is -0.424. The lowest BCUT2D eigenvalue weighted by molar-refractivity contribution is -0.122. The number of amides is 1. The van der Waals surface area contributed by atoms with E-state index >= 15 is 0 Å². The maximum Gasteiger partial charge on any atom is 0.273 e. The van der Waals surface area contributed by atoms with Crippen molar-refractivity contribution in [3.63, 3.8) is 0 Å². The summed E-state index contributed by atoms with van der Waals surface area (Å²) in [4.78, 5) is 39.3. The molecule has 2 N–H and O–H groups in total. The molecule has 156 valence electrons. The van der Waals surface area contributed by atoms with Gasteiger partial charge in [-0.15, -0.1) is 0 Å². The number of nitrogens with one attached hydrogen (secondary N) is 2. The smallest absolute Gasteiger partial charge is 0.273 e. The molecule has 1 aliphatic rings. The zero-order chi connectivity index (χ0) is 21.3. The average molecular weight is 410 g/mol. The van der Waals surface area contributed by atoms with Crippen LogP contribution in [0.15, 0.2) is 52.1 Å². The van der Waals surface area contributed by atoms with Crippen LogP contribution in [0.3, 0.4) is 0 Å². The molecular weight excluding hydrogens is 387 g/mol. The number of hydrogen-bond acceptors (Lipinski definition) is 4. The number of anilines is 1. The van der Waals surface area contributed by atoms with E-state index in [-0.39, 0.29) is 29.7 Å². The Morgan fingerprint density at radius 3 is 2.77 bits per heavy atom. The predicted molar refractivity (Wildman–Crippen MR) is 113 cm³/mol. The van der Waals surface area contributed by atoms with Crippen molar-refractivity contribution in [1.82, 2.24) is 15.1 Å². The number of fused-ring (bicyclic) bond motifs is 1. The lowest BCUT2D eigenvalue weighted by Gasteiger charge is -2.35. The fourth-order valence-electron chi connectivity index (χ4n) is 3.95. The maximum atomic E-state index is 14.2. The highest BCUT2D eigenvalue weighted by Crippen LogP contribution is 2.24. The van der Waals surface area contributed by atoms with Gasteiger partial charge in [0.05, 0.1) is 16.5 Å². The summed E-state index contributed by atoms with van der Waals surface area (Å²) in [6.07, 6.45) is 1.57. The van der Waals surface area contributed by atoms with E-state index in [1.807, 2.05) is 11.8 Å². The maximum absolute atomic E-state index is 14.2. The number of carbonyl (C=O) groups excluding carboxylic acids is 1. The van der Waals surface area contributed by atoms with Crippen molar-refractivity contribution in [2.24, 2.45) is 0 Å². The summed E-state index contributed by atoms with van der Waals surface area (Å²) < 4.78 is 15.3. The summed E-state index contributed by atoms with van der Waals surface area (Å²) in [6.45, 7) is 2.82. The topological polar surface area (TPSA) is 87.2 Å². The van der Waals surface area contributed by atoms with Crippen LogP contribution in [0.5, 0.6) is 0 Å². The second-order valence-electron chi connectivity index (χ2n) is 7.69. The molecule has 1 amide bonds. The molecule has 1 aromatic heterocycles. The van der Waals surface area contributed by atoms with E-state index in [9.17, 15) is 18.8 Å². The zero-order valence-corrected chi connectivity index (χ0v) is 16.7. The molecular formula is C22H23FN4O3. The molecule has 0 radical (unpaired) electrons. The molecule has 1 unspecified atom stereocenters. The summed E-state index contributed by atoms with van der Waals surface area (Å²) in [5.41, 5.74) is 0.658. The summed E-state index contributed by atoms with van der Waals surface area (Å²) in [6, 6.07) is 11.3. The first-order chi connectivity index (χ1) is 14.4. The van der Waals surface area contributed by atoms with Crippen LogP contribution in [0.2, 0.25) is 0 Å². The number of aromatic nitrogens is 2. The van der Waals surface area contributed by atoms with Crippen LogP contribution in [0.1, 0.15) is 18.4 Å². The summed E-state index contributed by atoms with van der Waals surface area (Å²) in [7, 11) is 0. The van der Waals surface area contributed by atoms with Crippen molar-refractivity contribution in [2.75, 3.05) is 18.0 Å². The van der Waals surface area contributed by atoms with Gasteiger partial charge in [0, 0.05) is 19.1 Å². The van der Waals surface area contributed by atoms with E-state index in [0.717, 1.165) is 23.1 Å². The van der Waals surface area contributed by atoms with E-state index in [2.05, 4.69) is 10.4 Å². The van der Waals surface area contributed by atoms with Gasteiger partial charge in [-0.25, -0.2) is 9.07 Å². The van der Waals surface area contributed by atoms with Gasteiger partial charge in [-0.2, -0.15) is 0 Å². The number of halogens is 1. The molecule has 1 atom stereocenters.